The predicted octanol–water partition coefficient (Wildman–Crippen LogP) is 3.90. The molecule has 0 aliphatic heterocycles. The number of hydrogen-bond acceptors (Lipinski definition) is 2. The van der Waals surface area contributed by atoms with Crippen LogP contribution in [0.1, 0.15) is 32.1 Å². The molecule has 3 nitrogen and oxygen atoms in total. The maximum Gasteiger partial charge on any atom is 0.252 e. The highest BCUT2D eigenvalue weighted by Crippen LogP contribution is 2.23. The molecular formula is C15H19BrFNO2. The second kappa shape index (κ2) is 7.18. The highest BCUT2D eigenvalue weighted by Gasteiger charge is 2.19. The van der Waals surface area contributed by atoms with E-state index < -0.39 is 5.82 Å². The maximum atomic E-state index is 13.8. The molecule has 0 unspecified atom stereocenters. The highest BCUT2D eigenvalue weighted by molar-refractivity contribution is 9.10. The minimum absolute atomic E-state index is 0.0106. The normalized spacial score (nSPS) is 16.1. The van der Waals surface area contributed by atoms with Crippen molar-refractivity contribution in [3.8, 4) is 0 Å². The Balaban J connectivity index is 1.90. The Bertz CT molecular complexity index is 475. The SMILES string of the molecule is CN(C(=O)COC1CCCCC1)c1ccc(Br)cc1F. The number of amides is 1. The summed E-state index contributed by atoms with van der Waals surface area (Å²) >= 11 is 3.20. The van der Waals surface area contributed by atoms with Crippen molar-refractivity contribution < 1.29 is 13.9 Å². The molecule has 0 spiro atoms. The van der Waals surface area contributed by atoms with Gasteiger partial charge in [0.25, 0.3) is 5.91 Å². The van der Waals surface area contributed by atoms with E-state index in [0.29, 0.717) is 4.47 Å². The minimum atomic E-state index is -0.423. The minimum Gasteiger partial charge on any atom is -0.368 e. The molecule has 0 radical (unpaired) electrons. The molecule has 1 amide bonds. The number of anilines is 1. The average Bonchev–Trinajstić information content (AvgIpc) is 2.45. The van der Waals surface area contributed by atoms with Crippen LogP contribution in [0.2, 0.25) is 0 Å². The number of hydrogen-bond donors (Lipinski definition) is 0. The number of halogens is 2. The van der Waals surface area contributed by atoms with Crippen LogP contribution in [0, 0.1) is 5.82 Å². The van der Waals surface area contributed by atoms with Gasteiger partial charge in [-0.15, -0.1) is 0 Å². The first-order valence-corrected chi connectivity index (χ1v) is 7.70. The molecule has 0 saturated heterocycles. The van der Waals surface area contributed by atoms with Crippen molar-refractivity contribution >= 4 is 27.5 Å². The first kappa shape index (κ1) is 15.4. The van der Waals surface area contributed by atoms with Crippen molar-refractivity contribution in [1.29, 1.82) is 0 Å². The van der Waals surface area contributed by atoms with Gasteiger partial charge < -0.3 is 9.64 Å². The van der Waals surface area contributed by atoms with Crippen molar-refractivity contribution in [2.75, 3.05) is 18.6 Å². The molecule has 1 aliphatic rings. The number of likely N-dealkylation sites (N-methyl/N-ethyl adjacent to an activating group) is 1. The molecule has 1 aromatic rings. The average molecular weight is 344 g/mol. The van der Waals surface area contributed by atoms with Crippen LogP contribution < -0.4 is 4.90 Å². The number of benzene rings is 1. The van der Waals surface area contributed by atoms with E-state index in [0.717, 1.165) is 25.7 Å². The number of nitrogens with zero attached hydrogens (tertiary/aromatic N) is 1. The Labute approximate surface area is 127 Å². The number of carbonyl (C=O) groups is 1. The number of ether oxygens (including phenoxy) is 1. The molecule has 0 heterocycles. The molecule has 2 rings (SSSR count). The van der Waals surface area contributed by atoms with Crippen LogP contribution in [0.4, 0.5) is 10.1 Å². The van der Waals surface area contributed by atoms with Crippen LogP contribution >= 0.6 is 15.9 Å². The number of rotatable bonds is 4. The fourth-order valence-electron chi connectivity index (χ4n) is 2.41. The largest absolute Gasteiger partial charge is 0.368 e. The number of carbonyl (C=O) groups excluding carboxylic acids is 1. The van der Waals surface area contributed by atoms with Gasteiger partial charge in [-0.3, -0.25) is 4.79 Å². The summed E-state index contributed by atoms with van der Waals surface area (Å²) in [6, 6.07) is 4.64. The first-order valence-electron chi connectivity index (χ1n) is 6.91. The van der Waals surface area contributed by atoms with Gasteiger partial charge in [-0.2, -0.15) is 0 Å². The van der Waals surface area contributed by atoms with E-state index >= 15 is 0 Å². The summed E-state index contributed by atoms with van der Waals surface area (Å²) in [5, 5.41) is 0. The summed E-state index contributed by atoms with van der Waals surface area (Å²) in [6.45, 7) is 0.0106. The summed E-state index contributed by atoms with van der Waals surface area (Å²) in [4.78, 5) is 13.4. The van der Waals surface area contributed by atoms with Gasteiger partial charge in [0.15, 0.2) is 0 Å². The van der Waals surface area contributed by atoms with Crippen molar-refractivity contribution in [1.82, 2.24) is 0 Å². The summed E-state index contributed by atoms with van der Waals surface area (Å²) in [7, 11) is 1.57. The summed E-state index contributed by atoms with van der Waals surface area (Å²) < 4.78 is 20.1. The molecular weight excluding hydrogens is 325 g/mol. The summed E-state index contributed by atoms with van der Waals surface area (Å²) in [5.41, 5.74) is 0.269. The van der Waals surface area contributed by atoms with Gasteiger partial charge in [0, 0.05) is 11.5 Å². The van der Waals surface area contributed by atoms with Crippen molar-refractivity contribution in [3.63, 3.8) is 0 Å². The Morgan fingerprint density at radius 2 is 2.10 bits per heavy atom. The summed E-state index contributed by atoms with van der Waals surface area (Å²) in [6.07, 6.45) is 5.79. The van der Waals surface area contributed by atoms with E-state index in [4.69, 9.17) is 4.74 Å². The van der Waals surface area contributed by atoms with E-state index in [1.165, 1.54) is 17.4 Å². The molecule has 110 valence electrons. The second-order valence-electron chi connectivity index (χ2n) is 5.12. The van der Waals surface area contributed by atoms with Crippen LogP contribution in [-0.4, -0.2) is 25.7 Å². The van der Waals surface area contributed by atoms with Gasteiger partial charge in [0.1, 0.15) is 12.4 Å². The van der Waals surface area contributed by atoms with E-state index in [1.807, 2.05) is 0 Å². The lowest BCUT2D eigenvalue weighted by atomic mass is 9.98. The van der Waals surface area contributed by atoms with Crippen LogP contribution in [0.3, 0.4) is 0 Å². The van der Waals surface area contributed by atoms with Crippen molar-refractivity contribution in [3.05, 3.63) is 28.5 Å². The van der Waals surface area contributed by atoms with Crippen molar-refractivity contribution in [2.45, 2.75) is 38.2 Å². The first-order chi connectivity index (χ1) is 9.58. The van der Waals surface area contributed by atoms with Crippen LogP contribution in [0.15, 0.2) is 22.7 Å². The van der Waals surface area contributed by atoms with E-state index in [1.54, 1.807) is 19.2 Å². The molecule has 0 N–H and O–H groups in total. The molecule has 1 saturated carbocycles. The zero-order valence-electron chi connectivity index (χ0n) is 11.6. The van der Waals surface area contributed by atoms with Gasteiger partial charge in [-0.05, 0) is 31.0 Å². The quantitative estimate of drug-likeness (QED) is 0.829. The van der Waals surface area contributed by atoms with Gasteiger partial charge in [0.2, 0.25) is 0 Å². The van der Waals surface area contributed by atoms with Crippen LogP contribution in [0.5, 0.6) is 0 Å². The lowest BCUT2D eigenvalue weighted by molar-refractivity contribution is -0.125. The molecule has 0 atom stereocenters. The van der Waals surface area contributed by atoms with Crippen LogP contribution in [0.25, 0.3) is 0 Å². The predicted molar refractivity (Wildman–Crippen MR) is 80.3 cm³/mol. The summed E-state index contributed by atoms with van der Waals surface area (Å²) in [5.74, 6) is -0.648. The Kier molecular flexibility index (Phi) is 5.54. The molecule has 5 heteroatoms. The monoisotopic (exact) mass is 343 g/mol. The molecule has 1 aliphatic carbocycles. The topological polar surface area (TPSA) is 29.5 Å². The third-order valence-electron chi connectivity index (χ3n) is 3.64. The third-order valence-corrected chi connectivity index (χ3v) is 4.13. The Morgan fingerprint density at radius 3 is 2.75 bits per heavy atom. The Hall–Kier alpha value is -0.940. The lowest BCUT2D eigenvalue weighted by Gasteiger charge is -2.24. The van der Waals surface area contributed by atoms with Gasteiger partial charge in [-0.25, -0.2) is 4.39 Å². The molecule has 1 fully saturated rings. The van der Waals surface area contributed by atoms with E-state index in [9.17, 15) is 9.18 Å². The van der Waals surface area contributed by atoms with Gasteiger partial charge in [0.05, 0.1) is 11.8 Å². The van der Waals surface area contributed by atoms with Crippen molar-refractivity contribution in [2.24, 2.45) is 0 Å². The molecule has 0 aromatic heterocycles. The van der Waals surface area contributed by atoms with E-state index in [-0.39, 0.29) is 24.3 Å². The molecule has 0 bridgehead atoms. The standard InChI is InChI=1S/C15H19BrFNO2/c1-18(14-8-7-11(16)9-13(14)17)15(19)10-20-12-5-3-2-4-6-12/h7-9,12H,2-6,10H2,1H3. The fourth-order valence-corrected chi connectivity index (χ4v) is 2.74. The van der Waals surface area contributed by atoms with Gasteiger partial charge in [-0.1, -0.05) is 35.2 Å². The highest BCUT2D eigenvalue weighted by atomic mass is 79.9. The zero-order valence-corrected chi connectivity index (χ0v) is 13.2. The molecule has 1 aromatic carbocycles. The smallest absolute Gasteiger partial charge is 0.252 e. The third kappa shape index (κ3) is 4.03. The van der Waals surface area contributed by atoms with E-state index in [2.05, 4.69) is 15.9 Å². The fraction of sp³-hybridized carbons (Fsp3) is 0.533. The maximum absolute atomic E-state index is 13.8. The van der Waals surface area contributed by atoms with Gasteiger partial charge >= 0.3 is 0 Å². The van der Waals surface area contributed by atoms with Crippen LogP contribution in [-0.2, 0) is 9.53 Å². The second-order valence-corrected chi connectivity index (χ2v) is 6.04. The molecule has 20 heavy (non-hydrogen) atoms. The Morgan fingerprint density at radius 1 is 1.40 bits per heavy atom. The zero-order chi connectivity index (χ0) is 14.5. The lowest BCUT2D eigenvalue weighted by Crippen LogP contribution is -2.33.